The van der Waals surface area contributed by atoms with Gasteiger partial charge < -0.3 is 25.4 Å². The Morgan fingerprint density at radius 1 is 0.906 bits per heavy atom. The summed E-state index contributed by atoms with van der Waals surface area (Å²) in [6.45, 7) is 10.1. The van der Waals surface area contributed by atoms with Crippen molar-refractivity contribution < 1.29 is 28.7 Å². The first-order valence-corrected chi connectivity index (χ1v) is 18.2. The van der Waals surface area contributed by atoms with Gasteiger partial charge in [0.05, 0.1) is 12.2 Å². The van der Waals surface area contributed by atoms with Crippen LogP contribution in [0.15, 0.2) is 66.7 Å². The molecule has 1 atom stereocenters. The summed E-state index contributed by atoms with van der Waals surface area (Å²) < 4.78 is 10.6. The SMILES string of the molecule is CCOC(=O)c1ccc(CC)c(-c2ccc(C[C@H](NC(=O)C3CCC(CNC(=O)OC(C)(C)C)CC3)C(=O)Nc3ccc(-c4nn[nH]n4)cc3)cc2)c1. The number of carbonyl (C=O) groups excluding carboxylic acids is 4. The number of H-pyrrole nitrogens is 1. The number of aromatic amines is 1. The average Bonchev–Trinajstić information content (AvgIpc) is 3.69. The van der Waals surface area contributed by atoms with Gasteiger partial charge in [-0.2, -0.15) is 5.21 Å². The third-order valence-corrected chi connectivity index (χ3v) is 9.25. The lowest BCUT2D eigenvalue weighted by Crippen LogP contribution is -2.48. The fraction of sp³-hybridized carbons (Fsp3) is 0.425. The van der Waals surface area contributed by atoms with Crippen LogP contribution in [0.5, 0.6) is 0 Å². The molecule has 1 aliphatic carbocycles. The normalized spacial score (nSPS) is 16.2. The van der Waals surface area contributed by atoms with Gasteiger partial charge in [0.15, 0.2) is 0 Å². The molecule has 4 N–H and O–H groups in total. The second-order valence-corrected chi connectivity index (χ2v) is 14.3. The third-order valence-electron chi connectivity index (χ3n) is 9.25. The molecular weight excluding hydrogens is 674 g/mol. The van der Waals surface area contributed by atoms with E-state index < -0.39 is 17.7 Å². The number of benzene rings is 3. The zero-order valence-electron chi connectivity index (χ0n) is 31.0. The van der Waals surface area contributed by atoms with Crippen molar-refractivity contribution in [3.8, 4) is 22.5 Å². The first-order valence-electron chi connectivity index (χ1n) is 18.2. The molecule has 3 aromatic carbocycles. The second kappa shape index (κ2) is 17.8. The van der Waals surface area contributed by atoms with Crippen molar-refractivity contribution >= 4 is 29.6 Å². The van der Waals surface area contributed by atoms with Gasteiger partial charge in [-0.25, -0.2) is 9.59 Å². The molecule has 0 unspecified atom stereocenters. The molecule has 1 heterocycles. The fourth-order valence-electron chi connectivity index (χ4n) is 6.44. The van der Waals surface area contributed by atoms with Gasteiger partial charge in [0.25, 0.3) is 0 Å². The molecule has 0 radical (unpaired) electrons. The number of amides is 3. The van der Waals surface area contributed by atoms with E-state index in [0.29, 0.717) is 43.1 Å². The Bertz CT molecular complexity index is 1850. The van der Waals surface area contributed by atoms with Crippen LogP contribution < -0.4 is 16.0 Å². The Morgan fingerprint density at radius 2 is 1.60 bits per heavy atom. The number of esters is 1. The summed E-state index contributed by atoms with van der Waals surface area (Å²) in [6.07, 6.45) is 3.45. The zero-order valence-corrected chi connectivity index (χ0v) is 31.0. The number of hydrogen-bond donors (Lipinski definition) is 4. The monoisotopic (exact) mass is 723 g/mol. The maximum absolute atomic E-state index is 13.8. The molecule has 1 saturated carbocycles. The van der Waals surface area contributed by atoms with Gasteiger partial charge in [0, 0.05) is 30.1 Å². The maximum atomic E-state index is 13.8. The van der Waals surface area contributed by atoms with Gasteiger partial charge in [0.1, 0.15) is 11.6 Å². The lowest BCUT2D eigenvalue weighted by Gasteiger charge is -2.29. The minimum Gasteiger partial charge on any atom is -0.462 e. The van der Waals surface area contributed by atoms with E-state index in [2.05, 4.69) is 43.5 Å². The molecule has 5 rings (SSSR count). The van der Waals surface area contributed by atoms with Crippen molar-refractivity contribution in [2.45, 2.75) is 84.8 Å². The van der Waals surface area contributed by atoms with E-state index in [0.717, 1.165) is 47.1 Å². The van der Waals surface area contributed by atoms with Crippen LogP contribution in [0.2, 0.25) is 0 Å². The minimum atomic E-state index is -0.852. The molecule has 0 spiro atoms. The zero-order chi connectivity index (χ0) is 38.0. The number of tetrazole rings is 1. The molecule has 1 aliphatic rings. The van der Waals surface area contributed by atoms with Crippen LogP contribution in [-0.2, 0) is 31.9 Å². The Morgan fingerprint density at radius 3 is 2.23 bits per heavy atom. The van der Waals surface area contributed by atoms with Crippen LogP contribution >= 0.6 is 0 Å². The van der Waals surface area contributed by atoms with Gasteiger partial charge >= 0.3 is 12.1 Å². The van der Waals surface area contributed by atoms with Crippen LogP contribution in [-0.4, -0.2) is 69.3 Å². The number of alkyl carbamates (subject to hydrolysis) is 1. The molecule has 4 aromatic rings. The lowest BCUT2D eigenvalue weighted by molar-refractivity contribution is -0.130. The van der Waals surface area contributed by atoms with E-state index in [1.54, 1.807) is 37.3 Å². The van der Waals surface area contributed by atoms with Crippen LogP contribution in [0.25, 0.3) is 22.5 Å². The highest BCUT2D eigenvalue weighted by molar-refractivity contribution is 5.98. The van der Waals surface area contributed by atoms with Crippen molar-refractivity contribution in [2.75, 3.05) is 18.5 Å². The number of ether oxygens (including phenoxy) is 2. The van der Waals surface area contributed by atoms with Gasteiger partial charge in [-0.1, -0.05) is 37.3 Å². The summed E-state index contributed by atoms with van der Waals surface area (Å²) in [5.74, 6) is -0.459. The molecule has 1 fully saturated rings. The maximum Gasteiger partial charge on any atom is 0.407 e. The Hall–Kier alpha value is -5.59. The van der Waals surface area contributed by atoms with Gasteiger partial charge in [-0.05, 0) is 130 Å². The number of carbonyl (C=O) groups is 4. The molecule has 1 aromatic heterocycles. The molecule has 3 amide bonds. The van der Waals surface area contributed by atoms with Crippen LogP contribution in [0, 0.1) is 11.8 Å². The average molecular weight is 724 g/mol. The lowest BCUT2D eigenvalue weighted by atomic mass is 9.81. The topological polar surface area (TPSA) is 177 Å². The predicted molar refractivity (Wildman–Crippen MR) is 201 cm³/mol. The molecular formula is C40H49N7O6. The first-order chi connectivity index (χ1) is 25.4. The van der Waals surface area contributed by atoms with E-state index >= 15 is 0 Å². The number of nitrogens with zero attached hydrogens (tertiary/aromatic N) is 3. The summed E-state index contributed by atoms with van der Waals surface area (Å²) in [4.78, 5) is 52.1. The van der Waals surface area contributed by atoms with Gasteiger partial charge in [-0.15, -0.1) is 10.2 Å². The van der Waals surface area contributed by atoms with E-state index in [4.69, 9.17) is 9.47 Å². The van der Waals surface area contributed by atoms with Gasteiger partial charge in [-0.3, -0.25) is 9.59 Å². The number of hydrogen-bond acceptors (Lipinski definition) is 9. The first kappa shape index (κ1) is 38.6. The van der Waals surface area contributed by atoms with Crippen molar-refractivity contribution in [3.63, 3.8) is 0 Å². The van der Waals surface area contributed by atoms with Crippen LogP contribution in [0.4, 0.5) is 10.5 Å². The van der Waals surface area contributed by atoms with Crippen molar-refractivity contribution in [1.82, 2.24) is 31.3 Å². The number of rotatable bonds is 13. The largest absolute Gasteiger partial charge is 0.462 e. The highest BCUT2D eigenvalue weighted by Gasteiger charge is 2.30. The highest BCUT2D eigenvalue weighted by atomic mass is 16.6. The number of aromatic nitrogens is 4. The minimum absolute atomic E-state index is 0.170. The van der Waals surface area contributed by atoms with Crippen LogP contribution in [0.1, 0.15) is 81.8 Å². The smallest absolute Gasteiger partial charge is 0.407 e. The molecule has 0 aliphatic heterocycles. The summed E-state index contributed by atoms with van der Waals surface area (Å²) in [6, 6.07) is 19.6. The number of aryl methyl sites for hydroxylation is 1. The van der Waals surface area contributed by atoms with Crippen molar-refractivity contribution in [2.24, 2.45) is 11.8 Å². The molecule has 280 valence electrons. The predicted octanol–water partition coefficient (Wildman–Crippen LogP) is 6.27. The number of anilines is 1. The Labute approximate surface area is 310 Å². The summed E-state index contributed by atoms with van der Waals surface area (Å²) in [5.41, 5.74) is 5.03. The third kappa shape index (κ3) is 11.0. The van der Waals surface area contributed by atoms with E-state index in [1.807, 2.05) is 57.2 Å². The summed E-state index contributed by atoms with van der Waals surface area (Å²) >= 11 is 0. The van der Waals surface area contributed by atoms with Crippen molar-refractivity contribution in [1.29, 1.82) is 0 Å². The standard InChI is InChI=1S/C40H49N7O6/c1-6-27-16-17-31(38(50)52-7-2)23-33(27)28-12-8-25(9-13-28)22-34(37(49)42-32-20-18-29(19-21-32)35-44-46-47-45-35)43-36(48)30-14-10-26(11-15-30)24-41-39(51)53-40(3,4)5/h8-9,12-13,16-21,23,26,30,34H,6-7,10-11,14-15,22,24H2,1-5H3,(H,41,51)(H,42,49)(H,43,48)(H,44,45,46,47)/t26?,30?,34-/m0/s1. The molecule has 0 saturated heterocycles. The fourth-order valence-corrected chi connectivity index (χ4v) is 6.44. The summed E-state index contributed by atoms with van der Waals surface area (Å²) in [5, 5.41) is 22.9. The van der Waals surface area contributed by atoms with Crippen molar-refractivity contribution in [3.05, 3.63) is 83.4 Å². The van der Waals surface area contributed by atoms with E-state index in [-0.39, 0.29) is 36.0 Å². The highest BCUT2D eigenvalue weighted by Crippen LogP contribution is 2.30. The molecule has 53 heavy (non-hydrogen) atoms. The Balaban J connectivity index is 1.28. The van der Waals surface area contributed by atoms with Crippen LogP contribution in [0.3, 0.4) is 0 Å². The summed E-state index contributed by atoms with van der Waals surface area (Å²) in [7, 11) is 0. The molecule has 13 heteroatoms. The second-order valence-electron chi connectivity index (χ2n) is 14.3. The van der Waals surface area contributed by atoms with E-state index in [1.165, 1.54) is 0 Å². The Kier molecular flexibility index (Phi) is 12.9. The molecule has 13 nitrogen and oxygen atoms in total. The van der Waals surface area contributed by atoms with Gasteiger partial charge in [0.2, 0.25) is 17.6 Å². The number of nitrogens with one attached hydrogen (secondary N) is 4. The quantitative estimate of drug-likeness (QED) is 0.116. The molecule has 0 bridgehead atoms. The van der Waals surface area contributed by atoms with E-state index in [9.17, 15) is 19.2 Å².